The molecule has 7 nitrogen and oxygen atoms in total. The van der Waals surface area contributed by atoms with Crippen LogP contribution in [0.4, 0.5) is 0 Å². The highest BCUT2D eigenvalue weighted by molar-refractivity contribution is 7.15. The number of hydrogen-bond acceptors (Lipinski definition) is 5. The molecule has 0 fully saturated rings. The number of aryl methyl sites for hydroxylation is 4. The normalized spacial score (nSPS) is 11.3. The number of amides is 1. The van der Waals surface area contributed by atoms with Crippen molar-refractivity contribution in [3.05, 3.63) is 68.2 Å². The number of carbonyl (C=O) groups is 1. The predicted octanol–water partition coefficient (Wildman–Crippen LogP) is 5.08. The number of nitrogens with one attached hydrogen (secondary N) is 1. The average molecular weight is 492 g/mol. The highest BCUT2D eigenvalue weighted by Gasteiger charge is 2.20. The largest absolute Gasteiger partial charge is 0.356 e. The van der Waals surface area contributed by atoms with Gasteiger partial charge in [0.1, 0.15) is 5.69 Å². The summed E-state index contributed by atoms with van der Waals surface area (Å²) in [6.07, 6.45) is 4.56. The minimum Gasteiger partial charge on any atom is -0.356 e. The summed E-state index contributed by atoms with van der Waals surface area (Å²) in [7, 11) is 0. The van der Waals surface area contributed by atoms with E-state index in [4.69, 9.17) is 5.10 Å². The van der Waals surface area contributed by atoms with E-state index < -0.39 is 0 Å². The number of benzene rings is 1. The van der Waals surface area contributed by atoms with Crippen molar-refractivity contribution in [3.8, 4) is 16.9 Å². The van der Waals surface area contributed by atoms with Crippen LogP contribution in [0.15, 0.2) is 34.4 Å². The van der Waals surface area contributed by atoms with Crippen LogP contribution in [-0.2, 0) is 11.2 Å². The summed E-state index contributed by atoms with van der Waals surface area (Å²) in [5, 5.41) is 9.63. The van der Waals surface area contributed by atoms with E-state index in [1.807, 2.05) is 30.0 Å². The Morgan fingerprint density at radius 3 is 2.66 bits per heavy atom. The maximum absolute atomic E-state index is 13.7. The second-order valence-electron chi connectivity index (χ2n) is 9.18. The number of aromatic nitrogens is 4. The van der Waals surface area contributed by atoms with Crippen molar-refractivity contribution in [2.75, 3.05) is 6.54 Å². The average Bonchev–Trinajstić information content (AvgIpc) is 3.38. The van der Waals surface area contributed by atoms with Crippen LogP contribution < -0.4 is 10.9 Å². The van der Waals surface area contributed by atoms with Crippen molar-refractivity contribution < 1.29 is 4.79 Å². The van der Waals surface area contributed by atoms with Gasteiger partial charge in [0.25, 0.3) is 5.56 Å². The van der Waals surface area contributed by atoms with Crippen molar-refractivity contribution in [1.29, 1.82) is 0 Å². The zero-order valence-corrected chi connectivity index (χ0v) is 22.0. The molecule has 3 aromatic heterocycles. The lowest BCUT2D eigenvalue weighted by Crippen LogP contribution is -2.28. The van der Waals surface area contributed by atoms with E-state index in [0.717, 1.165) is 41.8 Å². The molecule has 1 N–H and O–H groups in total. The summed E-state index contributed by atoms with van der Waals surface area (Å²) in [5.74, 6) is -0.0785. The molecule has 0 atom stereocenters. The van der Waals surface area contributed by atoms with Gasteiger partial charge in [0.15, 0.2) is 4.96 Å². The Hall–Kier alpha value is -3.26. The van der Waals surface area contributed by atoms with Crippen LogP contribution >= 0.6 is 11.3 Å². The van der Waals surface area contributed by atoms with Gasteiger partial charge in [-0.05, 0) is 57.4 Å². The lowest BCUT2D eigenvalue weighted by atomic mass is 10.1. The first-order chi connectivity index (χ1) is 16.8. The molecule has 35 heavy (non-hydrogen) atoms. The maximum Gasteiger partial charge on any atom is 0.268 e. The summed E-state index contributed by atoms with van der Waals surface area (Å²) in [4.78, 5) is 31.5. The molecule has 184 valence electrons. The SMILES string of the molecule is CCCCCCNC(=O)Cc1csc2nc(C)c(-c3cc(C)n(-c4cc(C)ccc4C)n3)c(=O)n12. The lowest BCUT2D eigenvalue weighted by Gasteiger charge is -2.09. The minimum absolute atomic E-state index is 0.0785. The second kappa shape index (κ2) is 10.6. The van der Waals surface area contributed by atoms with E-state index in [2.05, 4.69) is 49.3 Å². The van der Waals surface area contributed by atoms with Crippen LogP contribution in [-0.4, -0.2) is 31.6 Å². The van der Waals surface area contributed by atoms with Crippen LogP contribution in [0.3, 0.4) is 0 Å². The number of thiazole rings is 1. The number of rotatable bonds is 9. The highest BCUT2D eigenvalue weighted by Crippen LogP contribution is 2.25. The molecule has 1 aromatic carbocycles. The van der Waals surface area contributed by atoms with E-state index in [9.17, 15) is 9.59 Å². The van der Waals surface area contributed by atoms with E-state index in [1.54, 1.807) is 4.40 Å². The third kappa shape index (κ3) is 5.22. The number of unbranched alkanes of at least 4 members (excludes halogenated alkanes) is 3. The smallest absolute Gasteiger partial charge is 0.268 e. The van der Waals surface area contributed by atoms with Gasteiger partial charge in [0, 0.05) is 23.3 Å². The molecule has 4 aromatic rings. The molecule has 0 saturated carbocycles. The number of hydrogen-bond donors (Lipinski definition) is 1. The standard InChI is InChI=1S/C27H33N5O2S/c1-6-7-8-9-12-28-24(33)15-21-16-35-27-29-20(5)25(26(34)31(21)27)22-14-19(4)32(30-22)23-13-17(2)10-11-18(23)3/h10-11,13-14,16H,6-9,12,15H2,1-5H3,(H,28,33). The molecule has 0 unspecified atom stereocenters. The van der Waals surface area contributed by atoms with E-state index in [1.165, 1.54) is 17.8 Å². The zero-order chi connectivity index (χ0) is 25.1. The molecular formula is C27H33N5O2S. The van der Waals surface area contributed by atoms with Crippen molar-refractivity contribution in [2.24, 2.45) is 0 Å². The first-order valence-corrected chi connectivity index (χ1v) is 13.1. The Labute approximate surface area is 209 Å². The summed E-state index contributed by atoms with van der Waals surface area (Å²) in [6.45, 7) is 10.8. The zero-order valence-electron chi connectivity index (χ0n) is 21.1. The Morgan fingerprint density at radius 2 is 1.89 bits per heavy atom. The molecule has 0 aliphatic carbocycles. The predicted molar refractivity (Wildman–Crippen MR) is 142 cm³/mol. The molecular weight excluding hydrogens is 458 g/mol. The van der Waals surface area contributed by atoms with Crippen molar-refractivity contribution in [1.82, 2.24) is 24.5 Å². The molecule has 4 rings (SSSR count). The molecule has 0 spiro atoms. The fourth-order valence-corrected chi connectivity index (χ4v) is 5.24. The third-order valence-corrected chi connectivity index (χ3v) is 7.13. The molecule has 0 aliphatic rings. The van der Waals surface area contributed by atoms with Crippen LogP contribution in [0.25, 0.3) is 21.9 Å². The molecule has 0 radical (unpaired) electrons. The monoisotopic (exact) mass is 491 g/mol. The second-order valence-corrected chi connectivity index (χ2v) is 10.0. The van der Waals surface area contributed by atoms with Gasteiger partial charge in [-0.15, -0.1) is 11.3 Å². The fraction of sp³-hybridized carbons (Fsp3) is 0.407. The van der Waals surface area contributed by atoms with Crippen molar-refractivity contribution in [3.63, 3.8) is 0 Å². The van der Waals surface area contributed by atoms with E-state index in [-0.39, 0.29) is 17.9 Å². The summed E-state index contributed by atoms with van der Waals surface area (Å²) in [5.41, 5.74) is 6.33. The van der Waals surface area contributed by atoms with Gasteiger partial charge in [0.2, 0.25) is 5.91 Å². The van der Waals surface area contributed by atoms with Gasteiger partial charge in [-0.1, -0.05) is 38.3 Å². The summed E-state index contributed by atoms with van der Waals surface area (Å²) in [6, 6.07) is 8.17. The number of fused-ring (bicyclic) bond motifs is 1. The first-order valence-electron chi connectivity index (χ1n) is 12.2. The Balaban J connectivity index is 1.67. The third-order valence-electron chi connectivity index (χ3n) is 6.25. The Morgan fingerprint density at radius 1 is 1.09 bits per heavy atom. The summed E-state index contributed by atoms with van der Waals surface area (Å²) >= 11 is 1.38. The molecule has 8 heteroatoms. The van der Waals surface area contributed by atoms with Crippen LogP contribution in [0.1, 0.15) is 60.8 Å². The Bertz CT molecular complexity index is 1430. The van der Waals surface area contributed by atoms with Gasteiger partial charge in [-0.3, -0.25) is 14.0 Å². The molecule has 1 amide bonds. The van der Waals surface area contributed by atoms with Gasteiger partial charge in [-0.2, -0.15) is 5.10 Å². The van der Waals surface area contributed by atoms with Crippen LogP contribution in [0, 0.1) is 27.7 Å². The minimum atomic E-state index is -0.190. The molecule has 0 saturated heterocycles. The molecule has 3 heterocycles. The Kier molecular flexibility index (Phi) is 7.50. The van der Waals surface area contributed by atoms with Crippen LogP contribution in [0.5, 0.6) is 0 Å². The van der Waals surface area contributed by atoms with Gasteiger partial charge >= 0.3 is 0 Å². The molecule has 0 aliphatic heterocycles. The van der Waals surface area contributed by atoms with Crippen LogP contribution in [0.2, 0.25) is 0 Å². The van der Waals surface area contributed by atoms with Gasteiger partial charge < -0.3 is 5.32 Å². The quantitative estimate of drug-likeness (QED) is 0.331. The maximum atomic E-state index is 13.7. The summed E-state index contributed by atoms with van der Waals surface area (Å²) < 4.78 is 3.45. The van der Waals surface area contributed by atoms with Crippen molar-refractivity contribution >= 4 is 22.2 Å². The molecule has 0 bridgehead atoms. The van der Waals surface area contributed by atoms with E-state index >= 15 is 0 Å². The van der Waals surface area contributed by atoms with E-state index in [0.29, 0.717) is 34.2 Å². The van der Waals surface area contributed by atoms with Gasteiger partial charge in [-0.25, -0.2) is 9.67 Å². The topological polar surface area (TPSA) is 81.3 Å². The number of nitrogens with zero attached hydrogens (tertiary/aromatic N) is 4. The number of carbonyl (C=O) groups excluding carboxylic acids is 1. The lowest BCUT2D eigenvalue weighted by molar-refractivity contribution is -0.120. The van der Waals surface area contributed by atoms with Crippen molar-refractivity contribution in [2.45, 2.75) is 66.7 Å². The first kappa shape index (κ1) is 24.9. The van der Waals surface area contributed by atoms with Gasteiger partial charge in [0.05, 0.1) is 23.4 Å². The fourth-order valence-electron chi connectivity index (χ4n) is 4.32. The highest BCUT2D eigenvalue weighted by atomic mass is 32.1.